The van der Waals surface area contributed by atoms with Gasteiger partial charge in [0.2, 0.25) is 0 Å². The number of aliphatic hydroxyl groups is 1. The topological polar surface area (TPSA) is 57.2 Å². The van der Waals surface area contributed by atoms with Crippen molar-refractivity contribution in [2.24, 2.45) is 0 Å². The maximum Gasteiger partial charge on any atom is 0.142 e. The molecule has 0 saturated carbocycles. The lowest BCUT2D eigenvalue weighted by Gasteiger charge is -2.36. The predicted octanol–water partition coefficient (Wildman–Crippen LogP) is 2.80. The Bertz CT molecular complexity index is 774. The van der Waals surface area contributed by atoms with Crippen molar-refractivity contribution in [3.63, 3.8) is 0 Å². The molecule has 2 aromatic rings. The number of benzene rings is 2. The third kappa shape index (κ3) is 7.42. The first-order valence-electron chi connectivity index (χ1n) is 11.3. The zero-order valence-electron chi connectivity index (χ0n) is 19.1. The number of nitrogens with zero attached hydrogens (tertiary/aromatic N) is 2. The second-order valence-corrected chi connectivity index (χ2v) is 8.42. The van der Waals surface area contributed by atoms with Crippen LogP contribution in [0.25, 0.3) is 0 Å². The van der Waals surface area contributed by atoms with Gasteiger partial charge in [0.25, 0.3) is 0 Å². The molecule has 1 heterocycles. The Balaban J connectivity index is 1.38. The highest BCUT2D eigenvalue weighted by molar-refractivity contribution is 5.58. The largest absolute Gasteiger partial charge is 0.495 e. The summed E-state index contributed by atoms with van der Waals surface area (Å²) in [5, 5.41) is 13.2. The fourth-order valence-electron chi connectivity index (χ4n) is 3.77. The van der Waals surface area contributed by atoms with Gasteiger partial charge in [-0.3, -0.25) is 4.90 Å². The molecule has 6 heteroatoms. The number of anilines is 1. The van der Waals surface area contributed by atoms with Gasteiger partial charge < -0.3 is 24.8 Å². The summed E-state index contributed by atoms with van der Waals surface area (Å²) in [5.74, 6) is 1.75. The van der Waals surface area contributed by atoms with E-state index >= 15 is 0 Å². The minimum Gasteiger partial charge on any atom is -0.495 e. The number of hydrogen-bond donors (Lipinski definition) is 2. The average molecular weight is 428 g/mol. The molecule has 1 atom stereocenters. The molecule has 1 saturated heterocycles. The third-order valence-electron chi connectivity index (χ3n) is 5.64. The van der Waals surface area contributed by atoms with Crippen molar-refractivity contribution in [1.82, 2.24) is 10.2 Å². The average Bonchev–Trinajstić information content (AvgIpc) is 2.81. The quantitative estimate of drug-likeness (QED) is 0.575. The molecule has 1 aliphatic heterocycles. The minimum absolute atomic E-state index is 0.301. The molecule has 6 nitrogen and oxygen atoms in total. The molecular weight excluding hydrogens is 390 g/mol. The van der Waals surface area contributed by atoms with Crippen molar-refractivity contribution in [1.29, 1.82) is 0 Å². The van der Waals surface area contributed by atoms with E-state index in [9.17, 15) is 5.11 Å². The van der Waals surface area contributed by atoms with Crippen LogP contribution in [0.15, 0.2) is 48.5 Å². The second-order valence-electron chi connectivity index (χ2n) is 8.42. The molecule has 1 unspecified atom stereocenters. The fourth-order valence-corrected chi connectivity index (χ4v) is 3.77. The lowest BCUT2D eigenvalue weighted by molar-refractivity contribution is 0.104. The van der Waals surface area contributed by atoms with Gasteiger partial charge in [0.1, 0.15) is 24.2 Å². The van der Waals surface area contributed by atoms with Crippen LogP contribution in [-0.2, 0) is 6.42 Å². The van der Waals surface area contributed by atoms with E-state index in [1.807, 2.05) is 24.3 Å². The number of rotatable bonds is 11. The number of nitrogens with one attached hydrogen (secondary N) is 1. The molecule has 0 radical (unpaired) electrons. The molecule has 170 valence electrons. The number of methoxy groups -OCH3 is 1. The van der Waals surface area contributed by atoms with E-state index < -0.39 is 6.10 Å². The molecule has 31 heavy (non-hydrogen) atoms. The normalized spacial score (nSPS) is 15.8. The van der Waals surface area contributed by atoms with Gasteiger partial charge in [-0.2, -0.15) is 0 Å². The van der Waals surface area contributed by atoms with Crippen molar-refractivity contribution >= 4 is 5.69 Å². The Morgan fingerprint density at radius 2 is 1.71 bits per heavy atom. The van der Waals surface area contributed by atoms with E-state index in [1.165, 1.54) is 11.3 Å². The van der Waals surface area contributed by atoms with Gasteiger partial charge in [-0.25, -0.2) is 0 Å². The molecule has 0 amide bonds. The Kier molecular flexibility index (Phi) is 9.00. The molecule has 2 N–H and O–H groups in total. The SMILES string of the molecule is COc1ccccc1N1CCN(CCc2ccc(OCC(O)CNC(C)C)cc2)CC1. The third-order valence-corrected chi connectivity index (χ3v) is 5.64. The zero-order chi connectivity index (χ0) is 22.1. The van der Waals surface area contributed by atoms with Crippen molar-refractivity contribution in [2.45, 2.75) is 32.4 Å². The molecule has 0 spiro atoms. The maximum atomic E-state index is 9.96. The Labute approximate surface area is 186 Å². The standard InChI is InChI=1S/C25H37N3O3/c1-20(2)26-18-22(29)19-31-23-10-8-21(9-11-23)12-13-27-14-16-28(17-15-27)24-6-4-5-7-25(24)30-3/h4-11,20,22,26,29H,12-19H2,1-3H3. The van der Waals surface area contributed by atoms with Gasteiger partial charge in [0.05, 0.1) is 12.8 Å². The first-order valence-corrected chi connectivity index (χ1v) is 11.3. The van der Waals surface area contributed by atoms with Gasteiger partial charge >= 0.3 is 0 Å². The minimum atomic E-state index is -0.503. The molecular formula is C25H37N3O3. The van der Waals surface area contributed by atoms with Crippen LogP contribution in [0.3, 0.4) is 0 Å². The highest BCUT2D eigenvalue weighted by Crippen LogP contribution is 2.28. The summed E-state index contributed by atoms with van der Waals surface area (Å²) in [4.78, 5) is 4.93. The monoisotopic (exact) mass is 427 g/mol. The smallest absolute Gasteiger partial charge is 0.142 e. The van der Waals surface area contributed by atoms with Crippen LogP contribution in [-0.4, -0.2) is 75.1 Å². The Morgan fingerprint density at radius 1 is 1.00 bits per heavy atom. The number of para-hydroxylation sites is 2. The summed E-state index contributed by atoms with van der Waals surface area (Å²) < 4.78 is 11.2. The predicted molar refractivity (Wildman–Crippen MR) is 126 cm³/mol. The van der Waals surface area contributed by atoms with Crippen LogP contribution < -0.4 is 19.7 Å². The van der Waals surface area contributed by atoms with E-state index in [1.54, 1.807) is 7.11 Å². The lowest BCUT2D eigenvalue weighted by Crippen LogP contribution is -2.47. The van der Waals surface area contributed by atoms with Crippen LogP contribution in [0, 0.1) is 0 Å². The van der Waals surface area contributed by atoms with Gasteiger partial charge in [-0.05, 0) is 36.2 Å². The van der Waals surface area contributed by atoms with Crippen LogP contribution in [0.5, 0.6) is 11.5 Å². The molecule has 1 aliphatic rings. The van der Waals surface area contributed by atoms with E-state index in [4.69, 9.17) is 9.47 Å². The van der Waals surface area contributed by atoms with Gasteiger partial charge in [-0.15, -0.1) is 0 Å². The summed E-state index contributed by atoms with van der Waals surface area (Å²) in [5.41, 5.74) is 2.49. The molecule has 2 aromatic carbocycles. The summed E-state index contributed by atoms with van der Waals surface area (Å²) in [7, 11) is 1.73. The summed E-state index contributed by atoms with van der Waals surface area (Å²) in [6, 6.07) is 16.9. The molecule has 0 aliphatic carbocycles. The van der Waals surface area contributed by atoms with Crippen molar-refractivity contribution in [3.8, 4) is 11.5 Å². The first kappa shape index (κ1) is 23.4. The summed E-state index contributed by atoms with van der Waals surface area (Å²) >= 11 is 0. The number of ether oxygens (including phenoxy) is 2. The molecule has 0 bridgehead atoms. The van der Waals surface area contributed by atoms with Gasteiger partial charge in [0.15, 0.2) is 0 Å². The maximum absolute atomic E-state index is 9.96. The van der Waals surface area contributed by atoms with Crippen LogP contribution >= 0.6 is 0 Å². The number of aliphatic hydroxyl groups excluding tert-OH is 1. The first-order chi connectivity index (χ1) is 15.0. The molecule has 1 fully saturated rings. The fraction of sp³-hybridized carbons (Fsp3) is 0.520. The summed E-state index contributed by atoms with van der Waals surface area (Å²) in [6.07, 6.45) is 0.521. The number of piperazine rings is 1. The van der Waals surface area contributed by atoms with Crippen LogP contribution in [0.1, 0.15) is 19.4 Å². The van der Waals surface area contributed by atoms with Crippen LogP contribution in [0.4, 0.5) is 5.69 Å². The van der Waals surface area contributed by atoms with Gasteiger partial charge in [0, 0.05) is 45.3 Å². The van der Waals surface area contributed by atoms with E-state index in [0.29, 0.717) is 19.2 Å². The Hall–Kier alpha value is -2.28. The van der Waals surface area contributed by atoms with E-state index in [-0.39, 0.29) is 0 Å². The van der Waals surface area contributed by atoms with Crippen molar-refractivity contribution in [2.75, 3.05) is 57.9 Å². The second kappa shape index (κ2) is 11.9. The highest BCUT2D eigenvalue weighted by Gasteiger charge is 2.19. The van der Waals surface area contributed by atoms with Gasteiger partial charge in [-0.1, -0.05) is 38.1 Å². The van der Waals surface area contributed by atoms with E-state index in [0.717, 1.165) is 50.6 Å². The Morgan fingerprint density at radius 3 is 2.39 bits per heavy atom. The van der Waals surface area contributed by atoms with Crippen molar-refractivity contribution < 1.29 is 14.6 Å². The lowest BCUT2D eigenvalue weighted by atomic mass is 10.1. The highest BCUT2D eigenvalue weighted by atomic mass is 16.5. The van der Waals surface area contributed by atoms with Crippen LogP contribution in [0.2, 0.25) is 0 Å². The summed E-state index contributed by atoms with van der Waals surface area (Å²) in [6.45, 7) is 10.2. The zero-order valence-corrected chi connectivity index (χ0v) is 19.1. The molecule has 3 rings (SSSR count). The van der Waals surface area contributed by atoms with Crippen molar-refractivity contribution in [3.05, 3.63) is 54.1 Å². The molecule has 0 aromatic heterocycles. The number of hydrogen-bond acceptors (Lipinski definition) is 6. The van der Waals surface area contributed by atoms with E-state index in [2.05, 4.69) is 53.2 Å².